The number of ether oxygens (including phenoxy) is 2. The van der Waals surface area contributed by atoms with E-state index in [2.05, 4.69) is 34.6 Å². The number of nitrogens with two attached hydrogens (primary N) is 2. The Morgan fingerprint density at radius 3 is 2.30 bits per heavy atom. The van der Waals surface area contributed by atoms with Crippen LogP contribution >= 0.6 is 0 Å². The maximum atomic E-state index is 13.7. The molecule has 0 aliphatic heterocycles. The monoisotopic (exact) mass is 644 g/mol. The molecule has 11 atom stereocenters. The predicted molar refractivity (Wildman–Crippen MR) is 188 cm³/mol. The topological polar surface area (TPSA) is 105 Å². The van der Waals surface area contributed by atoms with Crippen LogP contribution in [0.1, 0.15) is 122 Å². The Labute approximate surface area is 283 Å². The lowest BCUT2D eigenvalue weighted by Gasteiger charge is -2.62. The van der Waals surface area contributed by atoms with E-state index in [1.807, 2.05) is 18.2 Å². The van der Waals surface area contributed by atoms with Gasteiger partial charge in [0.25, 0.3) is 0 Å². The van der Waals surface area contributed by atoms with Gasteiger partial charge in [-0.3, -0.25) is 0 Å². The van der Waals surface area contributed by atoms with Gasteiger partial charge in [0.1, 0.15) is 12.2 Å². The van der Waals surface area contributed by atoms with Gasteiger partial charge in [-0.25, -0.2) is 9.59 Å². The van der Waals surface area contributed by atoms with Gasteiger partial charge in [-0.05, 0) is 128 Å². The Balaban J connectivity index is 1.23. The van der Waals surface area contributed by atoms with Gasteiger partial charge in [-0.2, -0.15) is 0 Å². The summed E-state index contributed by atoms with van der Waals surface area (Å²) in [5.74, 6) is 3.75. The minimum Gasteiger partial charge on any atom is -0.459 e. The van der Waals surface area contributed by atoms with Gasteiger partial charge in [0.05, 0.1) is 11.1 Å². The van der Waals surface area contributed by atoms with Crippen LogP contribution in [0, 0.1) is 52.3 Å². The fraction of sp³-hybridized carbons (Fsp3) is 0.707. The third kappa shape index (κ3) is 6.82. The van der Waals surface area contributed by atoms with Crippen molar-refractivity contribution < 1.29 is 19.1 Å². The van der Waals surface area contributed by atoms with E-state index >= 15 is 0 Å². The number of rotatable bonds is 9. The average molecular weight is 645 g/mol. The van der Waals surface area contributed by atoms with E-state index in [1.54, 1.807) is 24.3 Å². The Morgan fingerprint density at radius 2 is 1.60 bits per heavy atom. The molecule has 4 saturated carbocycles. The standard InChI is InChI=1S/C41H60N2O4/c1-25(2)7-6-8-26(3)33-17-18-34-32-24-37(47-39(45)28-11-15-30(43)16-12-28)36-23-31(46-38(44)27-9-13-29(42)14-10-27)19-21-41(36,5)35(32)20-22-40(33,34)4/h9-15,25-26,30-37H,6-8,16-24,42-43H2,1-5H3. The van der Waals surface area contributed by atoms with Gasteiger partial charge in [0.15, 0.2) is 0 Å². The molecule has 11 unspecified atom stereocenters. The van der Waals surface area contributed by atoms with Gasteiger partial charge >= 0.3 is 11.9 Å². The number of benzene rings is 1. The summed E-state index contributed by atoms with van der Waals surface area (Å²) in [6.07, 6.45) is 18.6. The average Bonchev–Trinajstić information content (AvgIpc) is 3.39. The molecule has 0 saturated heterocycles. The summed E-state index contributed by atoms with van der Waals surface area (Å²) < 4.78 is 12.7. The first-order chi connectivity index (χ1) is 22.4. The van der Waals surface area contributed by atoms with E-state index in [4.69, 9.17) is 20.9 Å². The summed E-state index contributed by atoms with van der Waals surface area (Å²) in [6, 6.07) is 6.89. The molecule has 0 heterocycles. The first kappa shape index (κ1) is 34.3. The first-order valence-corrected chi connectivity index (χ1v) is 18.8. The molecule has 0 spiro atoms. The summed E-state index contributed by atoms with van der Waals surface area (Å²) in [4.78, 5) is 26.8. The molecular weight excluding hydrogens is 584 g/mol. The summed E-state index contributed by atoms with van der Waals surface area (Å²) in [5, 5.41) is 0. The van der Waals surface area contributed by atoms with Gasteiger partial charge in [0, 0.05) is 17.6 Å². The van der Waals surface area contributed by atoms with Crippen LogP contribution in [0.5, 0.6) is 0 Å². The number of carbonyl (C=O) groups is 2. The van der Waals surface area contributed by atoms with Crippen molar-refractivity contribution in [2.45, 2.75) is 130 Å². The Bertz CT molecular complexity index is 1350. The van der Waals surface area contributed by atoms with E-state index in [9.17, 15) is 9.59 Å². The van der Waals surface area contributed by atoms with E-state index in [0.717, 1.165) is 43.4 Å². The Hall–Kier alpha value is -2.60. The molecule has 0 aromatic heterocycles. The number of carbonyl (C=O) groups excluding carboxylic acids is 2. The fourth-order valence-corrected chi connectivity index (χ4v) is 11.3. The van der Waals surface area contributed by atoms with Crippen molar-refractivity contribution in [2.75, 3.05) is 5.73 Å². The quantitative estimate of drug-likeness (QED) is 0.206. The third-order valence-corrected chi connectivity index (χ3v) is 13.9. The minimum atomic E-state index is -0.303. The zero-order chi connectivity index (χ0) is 33.5. The van der Waals surface area contributed by atoms with Crippen molar-refractivity contribution in [3.63, 3.8) is 0 Å². The van der Waals surface area contributed by atoms with Crippen molar-refractivity contribution in [2.24, 2.45) is 58.0 Å². The van der Waals surface area contributed by atoms with Crippen molar-refractivity contribution >= 4 is 17.6 Å². The van der Waals surface area contributed by atoms with Crippen molar-refractivity contribution in [3.05, 3.63) is 53.6 Å². The highest BCUT2D eigenvalue weighted by atomic mass is 16.6. The normalized spacial score (nSPS) is 38.5. The highest BCUT2D eigenvalue weighted by Gasteiger charge is 2.63. The lowest BCUT2D eigenvalue weighted by Crippen LogP contribution is -2.59. The second kappa shape index (κ2) is 13.7. The van der Waals surface area contributed by atoms with Gasteiger partial charge in [-0.15, -0.1) is 0 Å². The van der Waals surface area contributed by atoms with E-state index in [1.165, 1.54) is 44.9 Å². The number of nitrogen functional groups attached to an aromatic ring is 1. The zero-order valence-electron chi connectivity index (χ0n) is 29.6. The largest absolute Gasteiger partial charge is 0.459 e. The second-order valence-corrected chi connectivity index (χ2v) is 17.0. The molecule has 5 aliphatic carbocycles. The maximum Gasteiger partial charge on any atom is 0.338 e. The molecule has 4 fully saturated rings. The second-order valence-electron chi connectivity index (χ2n) is 17.0. The molecule has 0 radical (unpaired) electrons. The van der Waals surface area contributed by atoms with Crippen molar-refractivity contribution in [1.29, 1.82) is 0 Å². The van der Waals surface area contributed by atoms with Crippen molar-refractivity contribution in [3.8, 4) is 0 Å². The Morgan fingerprint density at radius 1 is 0.872 bits per heavy atom. The zero-order valence-corrected chi connectivity index (χ0v) is 29.6. The minimum absolute atomic E-state index is 0.0411. The molecule has 0 bridgehead atoms. The predicted octanol–water partition coefficient (Wildman–Crippen LogP) is 8.65. The first-order valence-electron chi connectivity index (χ1n) is 18.8. The van der Waals surface area contributed by atoms with Crippen molar-refractivity contribution in [1.82, 2.24) is 0 Å². The fourth-order valence-electron chi connectivity index (χ4n) is 11.3. The van der Waals surface area contributed by atoms with Crippen LogP contribution < -0.4 is 11.5 Å². The van der Waals surface area contributed by atoms with Crippen LogP contribution in [0.15, 0.2) is 48.1 Å². The highest BCUT2D eigenvalue weighted by molar-refractivity contribution is 5.92. The SMILES string of the molecule is CC(C)CCCC(C)C1CCC2C3CC(OC(=O)C4=CCC(N)C=C4)C4CC(OC(=O)c5ccc(N)cc5)CCC4(C)C3CCC12C. The molecule has 5 aliphatic rings. The Kier molecular flexibility index (Phi) is 10.0. The molecule has 6 heteroatoms. The molecule has 258 valence electrons. The smallest absolute Gasteiger partial charge is 0.338 e. The summed E-state index contributed by atoms with van der Waals surface area (Å²) in [7, 11) is 0. The molecule has 6 rings (SSSR count). The van der Waals surface area contributed by atoms with Crippen LogP contribution in [0.2, 0.25) is 0 Å². The molecule has 1 aromatic carbocycles. The van der Waals surface area contributed by atoms with E-state index in [0.29, 0.717) is 46.4 Å². The summed E-state index contributed by atoms with van der Waals surface area (Å²) in [5.41, 5.74) is 14.1. The van der Waals surface area contributed by atoms with Gasteiger partial charge in [-0.1, -0.05) is 72.1 Å². The van der Waals surface area contributed by atoms with Gasteiger partial charge < -0.3 is 20.9 Å². The molecular formula is C41H60N2O4. The van der Waals surface area contributed by atoms with Crippen LogP contribution in [0.25, 0.3) is 0 Å². The number of anilines is 1. The maximum absolute atomic E-state index is 13.7. The summed E-state index contributed by atoms with van der Waals surface area (Å²) >= 11 is 0. The number of hydrogen-bond acceptors (Lipinski definition) is 6. The highest BCUT2D eigenvalue weighted by Crippen LogP contribution is 2.69. The number of esters is 2. The molecule has 6 nitrogen and oxygen atoms in total. The van der Waals surface area contributed by atoms with Crippen LogP contribution in [0.3, 0.4) is 0 Å². The summed E-state index contributed by atoms with van der Waals surface area (Å²) in [6.45, 7) is 12.3. The molecule has 0 amide bonds. The van der Waals surface area contributed by atoms with E-state index < -0.39 is 0 Å². The number of hydrogen-bond donors (Lipinski definition) is 2. The third-order valence-electron chi connectivity index (χ3n) is 13.9. The van der Waals surface area contributed by atoms with Crippen LogP contribution in [-0.2, 0) is 14.3 Å². The lowest BCUT2D eigenvalue weighted by atomic mass is 9.43. The number of fused-ring (bicyclic) bond motifs is 5. The molecule has 1 aromatic rings. The molecule has 47 heavy (non-hydrogen) atoms. The molecule has 4 N–H and O–H groups in total. The van der Waals surface area contributed by atoms with Crippen LogP contribution in [-0.4, -0.2) is 30.2 Å². The van der Waals surface area contributed by atoms with Crippen LogP contribution in [0.4, 0.5) is 5.69 Å². The van der Waals surface area contributed by atoms with E-state index in [-0.39, 0.29) is 41.5 Å². The lowest BCUT2D eigenvalue weighted by molar-refractivity contribution is -0.191. The van der Waals surface area contributed by atoms with Gasteiger partial charge in [0.2, 0.25) is 0 Å².